The maximum Gasteiger partial charge on any atom is 0.282 e. The van der Waals surface area contributed by atoms with Crippen molar-refractivity contribution in [1.82, 2.24) is 9.66 Å². The molecule has 6 rings (SSSR count). The molecule has 0 atom stereocenters. The molecule has 2 heterocycles. The number of carbonyl (C=O) groups excluding carboxylic acids is 1. The van der Waals surface area contributed by atoms with E-state index in [1.807, 2.05) is 36.4 Å². The summed E-state index contributed by atoms with van der Waals surface area (Å²) in [5, 5.41) is 8.18. The largest absolute Gasteiger partial charge is 0.496 e. The number of nitrogens with one attached hydrogen (secondary N) is 1. The van der Waals surface area contributed by atoms with Crippen LogP contribution in [0.15, 0.2) is 99.2 Å². The van der Waals surface area contributed by atoms with Gasteiger partial charge in [-0.15, -0.1) is 0 Å². The van der Waals surface area contributed by atoms with Gasteiger partial charge in [0.1, 0.15) is 22.9 Å². The van der Waals surface area contributed by atoms with Gasteiger partial charge in [0.2, 0.25) is 5.82 Å². The van der Waals surface area contributed by atoms with Crippen LogP contribution >= 0.6 is 45.2 Å². The molecule has 4 aromatic carbocycles. The lowest BCUT2D eigenvalue weighted by atomic mass is 10.2. The highest BCUT2D eigenvalue weighted by Crippen LogP contribution is 2.33. The number of furan rings is 1. The summed E-state index contributed by atoms with van der Waals surface area (Å²) in [6, 6.07) is 23.8. The minimum absolute atomic E-state index is 0.0802. The molecule has 1 N–H and O–H groups in total. The molecule has 220 valence electrons. The number of ether oxygens (including phenoxy) is 2. The summed E-state index contributed by atoms with van der Waals surface area (Å²) in [7, 11) is 1.58. The normalized spacial score (nSPS) is 11.4. The van der Waals surface area contributed by atoms with Gasteiger partial charge in [0.05, 0.1) is 42.4 Å². The number of amides is 1. The molecular formula is C32H21FI2N4O5. The number of hydrogen-bond acceptors (Lipinski definition) is 7. The van der Waals surface area contributed by atoms with E-state index in [4.69, 9.17) is 18.9 Å². The van der Waals surface area contributed by atoms with Crippen LogP contribution in [-0.4, -0.2) is 35.5 Å². The Balaban J connectivity index is 1.31. The molecule has 0 aliphatic rings. The molecule has 2 aromatic heterocycles. The Morgan fingerprint density at radius 2 is 1.77 bits per heavy atom. The van der Waals surface area contributed by atoms with E-state index in [2.05, 4.69) is 55.6 Å². The maximum atomic E-state index is 13.9. The number of rotatable bonds is 8. The molecule has 12 heteroatoms. The second-order valence-corrected chi connectivity index (χ2v) is 11.8. The highest BCUT2D eigenvalue weighted by molar-refractivity contribution is 14.1. The average molecular weight is 814 g/mol. The van der Waals surface area contributed by atoms with Crippen molar-refractivity contribution in [2.24, 2.45) is 5.10 Å². The predicted molar refractivity (Wildman–Crippen MR) is 183 cm³/mol. The molecule has 6 aromatic rings. The molecule has 0 fully saturated rings. The second-order valence-electron chi connectivity index (χ2n) is 9.43. The Kier molecular flexibility index (Phi) is 8.61. The number of aromatic nitrogens is 2. The summed E-state index contributed by atoms with van der Waals surface area (Å²) in [6.45, 7) is -0.308. The molecule has 0 saturated carbocycles. The van der Waals surface area contributed by atoms with Gasteiger partial charge in [-0.3, -0.25) is 9.59 Å². The lowest BCUT2D eigenvalue weighted by Crippen LogP contribution is -2.21. The zero-order chi connectivity index (χ0) is 30.8. The number of methoxy groups -OCH3 is 1. The standard InChI is InChI=1S/C32H21FI2N4O5/c1-42-26-11-6-12-27-20(26)15-28(44-27)31-38-24-9-4-2-7-19(24)32(41)39(31)36-16-18-13-22(34)30(23(35)14-18)43-17-29(40)37-25-10-5-3-8-21(25)33/h2-16H,17H2,1H3,(H,37,40). The van der Waals surface area contributed by atoms with Crippen LogP contribution in [-0.2, 0) is 4.79 Å². The summed E-state index contributed by atoms with van der Waals surface area (Å²) in [5.74, 6) is 0.684. The van der Waals surface area contributed by atoms with Gasteiger partial charge in [0.15, 0.2) is 12.4 Å². The van der Waals surface area contributed by atoms with Crippen molar-refractivity contribution in [3.8, 4) is 23.1 Å². The van der Waals surface area contributed by atoms with E-state index in [9.17, 15) is 14.0 Å². The maximum absolute atomic E-state index is 13.9. The fraction of sp³-hybridized carbons (Fsp3) is 0.0625. The molecule has 0 radical (unpaired) electrons. The zero-order valence-electron chi connectivity index (χ0n) is 22.9. The van der Waals surface area contributed by atoms with Crippen LogP contribution in [0.1, 0.15) is 5.56 Å². The average Bonchev–Trinajstić information content (AvgIpc) is 3.46. The van der Waals surface area contributed by atoms with E-state index < -0.39 is 11.7 Å². The Labute approximate surface area is 277 Å². The molecule has 0 bridgehead atoms. The molecule has 0 aliphatic carbocycles. The second kappa shape index (κ2) is 12.7. The molecule has 0 unspecified atom stereocenters. The summed E-state index contributed by atoms with van der Waals surface area (Å²) in [5.41, 5.74) is 1.49. The van der Waals surface area contributed by atoms with E-state index in [0.29, 0.717) is 46.4 Å². The SMILES string of the molecule is COc1cccc2oc(-c3nc4ccccc4c(=O)n3N=Cc3cc(I)c(OCC(=O)Nc4ccccc4F)c(I)c3)cc12. The molecule has 0 saturated heterocycles. The summed E-state index contributed by atoms with van der Waals surface area (Å²) < 4.78 is 33.8. The van der Waals surface area contributed by atoms with Gasteiger partial charge in [-0.25, -0.2) is 9.37 Å². The fourth-order valence-electron chi connectivity index (χ4n) is 4.52. The Bertz CT molecular complexity index is 2120. The number of carbonyl (C=O) groups is 1. The number of benzene rings is 4. The van der Waals surface area contributed by atoms with Crippen molar-refractivity contribution in [3.05, 3.63) is 114 Å². The molecule has 9 nitrogen and oxygen atoms in total. The number of para-hydroxylation sites is 2. The van der Waals surface area contributed by atoms with Crippen LogP contribution in [0.25, 0.3) is 33.5 Å². The third kappa shape index (κ3) is 6.04. The first-order chi connectivity index (χ1) is 21.3. The first kappa shape index (κ1) is 29.7. The first-order valence-corrected chi connectivity index (χ1v) is 15.3. The molecule has 0 aliphatic heterocycles. The topological polar surface area (TPSA) is 108 Å². The van der Waals surface area contributed by atoms with Gasteiger partial charge in [0.25, 0.3) is 11.5 Å². The van der Waals surface area contributed by atoms with Crippen LogP contribution in [0.2, 0.25) is 0 Å². The Morgan fingerprint density at radius 3 is 2.55 bits per heavy atom. The summed E-state index contributed by atoms with van der Waals surface area (Å²) in [6.07, 6.45) is 1.55. The van der Waals surface area contributed by atoms with Gasteiger partial charge in [0, 0.05) is 0 Å². The van der Waals surface area contributed by atoms with E-state index >= 15 is 0 Å². The van der Waals surface area contributed by atoms with Gasteiger partial charge >= 0.3 is 0 Å². The van der Waals surface area contributed by atoms with Crippen molar-refractivity contribution in [2.45, 2.75) is 0 Å². The number of hydrogen-bond donors (Lipinski definition) is 1. The highest BCUT2D eigenvalue weighted by Gasteiger charge is 2.18. The smallest absolute Gasteiger partial charge is 0.282 e. The molecule has 44 heavy (non-hydrogen) atoms. The van der Waals surface area contributed by atoms with E-state index in [1.165, 1.54) is 16.8 Å². The lowest BCUT2D eigenvalue weighted by Gasteiger charge is -2.12. The first-order valence-electron chi connectivity index (χ1n) is 13.1. The van der Waals surface area contributed by atoms with Crippen molar-refractivity contribution < 1.29 is 23.1 Å². The Hall–Kier alpha value is -4.31. The number of nitrogens with zero attached hydrogens (tertiary/aromatic N) is 3. The number of anilines is 1. The van der Waals surface area contributed by atoms with Gasteiger partial charge in [-0.05, 0) is 105 Å². The van der Waals surface area contributed by atoms with Crippen molar-refractivity contribution in [3.63, 3.8) is 0 Å². The Morgan fingerprint density at radius 1 is 1.02 bits per heavy atom. The molecule has 1 amide bonds. The molecule has 0 spiro atoms. The van der Waals surface area contributed by atoms with Crippen molar-refractivity contribution in [1.29, 1.82) is 0 Å². The van der Waals surface area contributed by atoms with Crippen molar-refractivity contribution >= 4 is 84.9 Å². The third-order valence-corrected chi connectivity index (χ3v) is 8.16. The van der Waals surface area contributed by atoms with Crippen LogP contribution in [0, 0.1) is 13.0 Å². The van der Waals surface area contributed by atoms with E-state index in [-0.39, 0.29) is 23.7 Å². The van der Waals surface area contributed by atoms with Gasteiger partial charge in [-0.2, -0.15) is 9.78 Å². The zero-order valence-corrected chi connectivity index (χ0v) is 27.2. The van der Waals surface area contributed by atoms with Crippen LogP contribution in [0.3, 0.4) is 0 Å². The molecular weight excluding hydrogens is 793 g/mol. The van der Waals surface area contributed by atoms with Crippen molar-refractivity contribution in [2.75, 3.05) is 19.0 Å². The highest BCUT2D eigenvalue weighted by atomic mass is 127. The predicted octanol–water partition coefficient (Wildman–Crippen LogP) is 7.07. The fourth-order valence-corrected chi connectivity index (χ4v) is 6.64. The minimum Gasteiger partial charge on any atom is -0.496 e. The monoisotopic (exact) mass is 814 g/mol. The van der Waals surface area contributed by atoms with E-state index in [0.717, 1.165) is 5.39 Å². The van der Waals surface area contributed by atoms with Crippen LogP contribution in [0.5, 0.6) is 11.5 Å². The lowest BCUT2D eigenvalue weighted by molar-refractivity contribution is -0.118. The quantitative estimate of drug-likeness (QED) is 0.130. The summed E-state index contributed by atoms with van der Waals surface area (Å²) in [4.78, 5) is 30.7. The summed E-state index contributed by atoms with van der Waals surface area (Å²) >= 11 is 4.20. The van der Waals surface area contributed by atoms with Crippen LogP contribution < -0.4 is 20.3 Å². The number of fused-ring (bicyclic) bond motifs is 2. The minimum atomic E-state index is -0.530. The third-order valence-electron chi connectivity index (χ3n) is 6.55. The number of halogens is 3. The van der Waals surface area contributed by atoms with Gasteiger partial charge in [-0.1, -0.05) is 30.3 Å². The van der Waals surface area contributed by atoms with Gasteiger partial charge < -0.3 is 19.2 Å². The van der Waals surface area contributed by atoms with Crippen LogP contribution in [0.4, 0.5) is 10.1 Å². The van der Waals surface area contributed by atoms with E-state index in [1.54, 1.807) is 49.7 Å².